The Bertz CT molecular complexity index is 377. The lowest BCUT2D eigenvalue weighted by atomic mass is 9.63. The highest BCUT2D eigenvalue weighted by atomic mass is 19.1. The topological polar surface area (TPSA) is 37.3 Å². The van der Waals surface area contributed by atoms with Crippen molar-refractivity contribution in [1.29, 1.82) is 0 Å². The van der Waals surface area contributed by atoms with Crippen LogP contribution in [0.25, 0.3) is 0 Å². The summed E-state index contributed by atoms with van der Waals surface area (Å²) < 4.78 is 12.9. The van der Waals surface area contributed by atoms with Gasteiger partial charge in [-0.1, -0.05) is 29.8 Å². The molecule has 0 saturated heterocycles. The number of hydrogen-bond acceptors (Lipinski definition) is 1. The molecule has 1 N–H and O–H groups in total. The van der Waals surface area contributed by atoms with Crippen molar-refractivity contribution >= 4 is 5.97 Å². The van der Waals surface area contributed by atoms with Gasteiger partial charge in [-0.2, -0.15) is 0 Å². The van der Waals surface area contributed by atoms with Crippen molar-refractivity contribution in [2.24, 2.45) is 0 Å². The summed E-state index contributed by atoms with van der Waals surface area (Å²) in [4.78, 5) is 11.2. The van der Waals surface area contributed by atoms with E-state index in [2.05, 4.69) is 0 Å². The van der Waals surface area contributed by atoms with Crippen LogP contribution in [0.4, 0.5) is 4.39 Å². The van der Waals surface area contributed by atoms with Gasteiger partial charge in [0.05, 0.1) is 5.41 Å². The lowest BCUT2D eigenvalue weighted by Gasteiger charge is -2.40. The van der Waals surface area contributed by atoms with Crippen LogP contribution in [0.15, 0.2) is 24.3 Å². The Labute approximate surface area is 87.7 Å². The molecule has 0 bridgehead atoms. The molecule has 0 atom stereocenters. The first-order valence-corrected chi connectivity index (χ1v) is 4.99. The fourth-order valence-corrected chi connectivity index (χ4v) is 2.10. The number of benzene rings is 1. The van der Waals surface area contributed by atoms with Gasteiger partial charge < -0.3 is 5.11 Å². The predicted molar refractivity (Wildman–Crippen MR) is 54.6 cm³/mol. The van der Waals surface area contributed by atoms with Crippen molar-refractivity contribution < 1.29 is 14.3 Å². The smallest absolute Gasteiger partial charge is 0.314 e. The van der Waals surface area contributed by atoms with Gasteiger partial charge in [-0.3, -0.25) is 4.79 Å². The standard InChI is InChI=1S/C12H13FO2/c1-8-2-4-9(5-3-8)12(11(14)15)6-10(13)7-12/h2-5,10H,6-7H2,1H3,(H,14,15). The lowest BCUT2D eigenvalue weighted by Crippen LogP contribution is -2.48. The number of alkyl halides is 1. The number of carbonyl (C=O) groups is 1. The summed E-state index contributed by atoms with van der Waals surface area (Å²) in [7, 11) is 0. The fraction of sp³-hybridized carbons (Fsp3) is 0.417. The van der Waals surface area contributed by atoms with Gasteiger partial charge in [0.25, 0.3) is 0 Å². The molecule has 0 amide bonds. The maximum Gasteiger partial charge on any atom is 0.314 e. The summed E-state index contributed by atoms with van der Waals surface area (Å²) in [5.74, 6) is -0.916. The monoisotopic (exact) mass is 208 g/mol. The first-order valence-electron chi connectivity index (χ1n) is 4.99. The van der Waals surface area contributed by atoms with Crippen molar-refractivity contribution in [3.05, 3.63) is 35.4 Å². The quantitative estimate of drug-likeness (QED) is 0.810. The molecule has 1 aliphatic carbocycles. The molecule has 0 spiro atoms. The zero-order valence-corrected chi connectivity index (χ0v) is 8.53. The van der Waals surface area contributed by atoms with Gasteiger partial charge in [-0.25, -0.2) is 4.39 Å². The van der Waals surface area contributed by atoms with Crippen LogP contribution in [0.1, 0.15) is 24.0 Å². The molecule has 0 aliphatic heterocycles. The molecule has 1 saturated carbocycles. The summed E-state index contributed by atoms with van der Waals surface area (Å²) in [5, 5.41) is 9.16. The lowest BCUT2D eigenvalue weighted by molar-refractivity contribution is -0.150. The molecule has 2 rings (SSSR count). The average molecular weight is 208 g/mol. The molecular weight excluding hydrogens is 195 g/mol. The molecule has 1 aromatic carbocycles. The van der Waals surface area contributed by atoms with E-state index >= 15 is 0 Å². The third-order valence-electron chi connectivity index (χ3n) is 3.15. The highest BCUT2D eigenvalue weighted by Crippen LogP contribution is 2.45. The van der Waals surface area contributed by atoms with E-state index in [0.29, 0.717) is 0 Å². The Morgan fingerprint density at radius 1 is 1.40 bits per heavy atom. The third kappa shape index (κ3) is 1.52. The highest BCUT2D eigenvalue weighted by molar-refractivity contribution is 5.83. The van der Waals surface area contributed by atoms with Crippen LogP contribution < -0.4 is 0 Å². The van der Waals surface area contributed by atoms with Gasteiger partial charge in [-0.05, 0) is 25.3 Å². The molecule has 1 fully saturated rings. The zero-order chi connectivity index (χ0) is 11.1. The van der Waals surface area contributed by atoms with Gasteiger partial charge in [-0.15, -0.1) is 0 Å². The van der Waals surface area contributed by atoms with Crippen LogP contribution >= 0.6 is 0 Å². The largest absolute Gasteiger partial charge is 0.481 e. The fourth-order valence-electron chi connectivity index (χ4n) is 2.10. The normalized spacial score (nSPS) is 29.6. The SMILES string of the molecule is Cc1ccc(C2(C(=O)O)CC(F)C2)cc1. The van der Waals surface area contributed by atoms with Crippen LogP contribution in [-0.2, 0) is 10.2 Å². The van der Waals surface area contributed by atoms with Crippen LogP contribution in [0.2, 0.25) is 0 Å². The first kappa shape index (κ1) is 10.1. The Morgan fingerprint density at radius 2 is 1.93 bits per heavy atom. The molecule has 3 heteroatoms. The summed E-state index contributed by atoms with van der Waals surface area (Å²) >= 11 is 0. The summed E-state index contributed by atoms with van der Waals surface area (Å²) in [6.07, 6.45) is -0.765. The molecular formula is C12H13FO2. The molecule has 80 valence electrons. The van der Waals surface area contributed by atoms with Crippen molar-refractivity contribution in [3.63, 3.8) is 0 Å². The van der Waals surface area contributed by atoms with E-state index < -0.39 is 17.6 Å². The van der Waals surface area contributed by atoms with E-state index in [-0.39, 0.29) is 12.8 Å². The zero-order valence-electron chi connectivity index (χ0n) is 8.53. The molecule has 2 nitrogen and oxygen atoms in total. The van der Waals surface area contributed by atoms with Gasteiger partial charge in [0.15, 0.2) is 0 Å². The second kappa shape index (κ2) is 3.33. The number of carboxylic acid groups (broad SMARTS) is 1. The number of aliphatic carboxylic acids is 1. The Balaban J connectivity index is 2.34. The Kier molecular flexibility index (Phi) is 2.25. The number of carboxylic acids is 1. The number of hydrogen-bond donors (Lipinski definition) is 1. The first-order chi connectivity index (χ1) is 7.04. The summed E-state index contributed by atoms with van der Waals surface area (Å²) in [5.41, 5.74) is 0.817. The average Bonchev–Trinajstić information content (AvgIpc) is 2.13. The van der Waals surface area contributed by atoms with Crippen LogP contribution in [0.5, 0.6) is 0 Å². The predicted octanol–water partition coefficient (Wildman–Crippen LogP) is 2.45. The molecule has 1 aromatic rings. The molecule has 15 heavy (non-hydrogen) atoms. The van der Waals surface area contributed by atoms with E-state index in [9.17, 15) is 9.18 Å². The molecule has 0 heterocycles. The minimum atomic E-state index is -0.979. The van der Waals surface area contributed by atoms with Gasteiger partial charge >= 0.3 is 5.97 Å². The summed E-state index contributed by atoms with van der Waals surface area (Å²) in [6, 6.07) is 7.31. The summed E-state index contributed by atoms with van der Waals surface area (Å²) in [6.45, 7) is 1.94. The van der Waals surface area contributed by atoms with Gasteiger partial charge in [0, 0.05) is 0 Å². The van der Waals surface area contributed by atoms with Crippen molar-refractivity contribution in [3.8, 4) is 0 Å². The van der Waals surface area contributed by atoms with Crippen molar-refractivity contribution in [2.75, 3.05) is 0 Å². The molecule has 0 aromatic heterocycles. The second-order valence-electron chi connectivity index (χ2n) is 4.26. The van der Waals surface area contributed by atoms with Crippen LogP contribution in [-0.4, -0.2) is 17.2 Å². The van der Waals surface area contributed by atoms with Crippen molar-refractivity contribution in [2.45, 2.75) is 31.4 Å². The highest BCUT2D eigenvalue weighted by Gasteiger charge is 2.52. The minimum absolute atomic E-state index is 0.103. The molecule has 0 radical (unpaired) electrons. The van der Waals surface area contributed by atoms with E-state index in [1.165, 1.54) is 0 Å². The van der Waals surface area contributed by atoms with Gasteiger partial charge in [0.2, 0.25) is 0 Å². The van der Waals surface area contributed by atoms with E-state index in [1.807, 2.05) is 19.1 Å². The number of aryl methyl sites for hydroxylation is 1. The van der Waals surface area contributed by atoms with Crippen molar-refractivity contribution in [1.82, 2.24) is 0 Å². The Hall–Kier alpha value is -1.38. The minimum Gasteiger partial charge on any atom is -0.481 e. The molecule has 1 aliphatic rings. The maximum absolute atomic E-state index is 12.9. The van der Waals surface area contributed by atoms with E-state index in [0.717, 1.165) is 11.1 Å². The van der Waals surface area contributed by atoms with E-state index in [1.54, 1.807) is 12.1 Å². The van der Waals surface area contributed by atoms with Gasteiger partial charge in [0.1, 0.15) is 6.17 Å². The maximum atomic E-state index is 12.9. The third-order valence-corrected chi connectivity index (χ3v) is 3.15. The van der Waals surface area contributed by atoms with Crippen LogP contribution in [0.3, 0.4) is 0 Å². The number of rotatable bonds is 2. The second-order valence-corrected chi connectivity index (χ2v) is 4.26. The number of halogens is 1. The van der Waals surface area contributed by atoms with E-state index in [4.69, 9.17) is 5.11 Å². The van der Waals surface area contributed by atoms with Crippen LogP contribution in [0, 0.1) is 6.92 Å². The molecule has 0 unspecified atom stereocenters. The Morgan fingerprint density at radius 3 is 2.33 bits per heavy atom.